The number of nitrogens with zero attached hydrogens (tertiary/aromatic N) is 6. The second-order valence-corrected chi connectivity index (χ2v) is 10.1. The van der Waals surface area contributed by atoms with E-state index >= 15 is 0 Å². The number of amides is 1. The van der Waals surface area contributed by atoms with Crippen molar-refractivity contribution in [3.8, 4) is 16.9 Å². The summed E-state index contributed by atoms with van der Waals surface area (Å²) in [5.41, 5.74) is 9.10. The number of hydrogen-bond donors (Lipinski definition) is 3. The number of anilines is 2. The van der Waals surface area contributed by atoms with E-state index in [0.717, 1.165) is 11.1 Å². The number of nitrogen functional groups attached to an aromatic ring is 1. The number of carbonyl (C=O) groups is 1. The first-order valence-electron chi connectivity index (χ1n) is 12.4. The van der Waals surface area contributed by atoms with Gasteiger partial charge in [0.2, 0.25) is 5.91 Å². The molecule has 41 heavy (non-hydrogen) atoms. The SMILES string of the molecule is Nc1n[nH]c2ccc(NC(=O)C(Cc3ccccc3)n3cnc(-c4cc(Cl)ccc4-n4cc(Cl)nn4)cc3=O)cc12. The molecular weight excluding hydrogens is 565 g/mol. The van der Waals surface area contributed by atoms with Gasteiger partial charge in [-0.25, -0.2) is 9.67 Å². The molecule has 1 atom stereocenters. The topological polar surface area (TPSA) is 149 Å². The molecule has 3 aromatic heterocycles. The molecule has 0 spiro atoms. The van der Waals surface area contributed by atoms with Crippen molar-refractivity contribution in [2.24, 2.45) is 0 Å². The summed E-state index contributed by atoms with van der Waals surface area (Å²) < 4.78 is 2.78. The molecule has 0 fully saturated rings. The van der Waals surface area contributed by atoms with Crippen LogP contribution in [-0.2, 0) is 11.2 Å². The third kappa shape index (κ3) is 5.40. The van der Waals surface area contributed by atoms with E-state index in [2.05, 4.69) is 30.8 Å². The summed E-state index contributed by atoms with van der Waals surface area (Å²) in [7, 11) is 0. The predicted molar refractivity (Wildman–Crippen MR) is 157 cm³/mol. The van der Waals surface area contributed by atoms with Crippen LogP contribution in [0.5, 0.6) is 0 Å². The predicted octanol–water partition coefficient (Wildman–Crippen LogP) is 4.68. The molecule has 13 heteroatoms. The fraction of sp³-hybridized carbons (Fsp3) is 0.0714. The van der Waals surface area contributed by atoms with Gasteiger partial charge in [0.25, 0.3) is 5.56 Å². The quantitative estimate of drug-likeness (QED) is 0.246. The number of aromatic amines is 1. The van der Waals surface area contributed by atoms with E-state index in [0.29, 0.717) is 38.9 Å². The van der Waals surface area contributed by atoms with Gasteiger partial charge in [-0.15, -0.1) is 5.10 Å². The Kier molecular flexibility index (Phi) is 6.96. The lowest BCUT2D eigenvalue weighted by molar-refractivity contribution is -0.119. The summed E-state index contributed by atoms with van der Waals surface area (Å²) in [6, 6.07) is 20.2. The maximum atomic E-state index is 13.7. The Labute approximate surface area is 242 Å². The lowest BCUT2D eigenvalue weighted by Crippen LogP contribution is -2.34. The summed E-state index contributed by atoms with van der Waals surface area (Å²) in [4.78, 5) is 31.8. The summed E-state index contributed by atoms with van der Waals surface area (Å²) >= 11 is 12.2. The maximum Gasteiger partial charge on any atom is 0.254 e. The van der Waals surface area contributed by atoms with Crippen molar-refractivity contribution >= 4 is 51.5 Å². The van der Waals surface area contributed by atoms with Gasteiger partial charge in [0.1, 0.15) is 6.04 Å². The first kappa shape index (κ1) is 26.2. The zero-order valence-corrected chi connectivity index (χ0v) is 22.7. The Bertz CT molecular complexity index is 1950. The Hall–Kier alpha value is -5.00. The van der Waals surface area contributed by atoms with Crippen molar-refractivity contribution in [3.63, 3.8) is 0 Å². The van der Waals surface area contributed by atoms with Crippen molar-refractivity contribution in [1.82, 2.24) is 34.7 Å². The highest BCUT2D eigenvalue weighted by molar-refractivity contribution is 6.31. The largest absolute Gasteiger partial charge is 0.382 e. The van der Waals surface area contributed by atoms with Gasteiger partial charge in [0.05, 0.1) is 29.4 Å². The van der Waals surface area contributed by atoms with Gasteiger partial charge in [-0.1, -0.05) is 58.7 Å². The van der Waals surface area contributed by atoms with Gasteiger partial charge in [-0.3, -0.25) is 19.3 Å². The zero-order chi connectivity index (χ0) is 28.5. The number of rotatable bonds is 7. The fourth-order valence-electron chi connectivity index (χ4n) is 4.56. The number of nitrogens with one attached hydrogen (secondary N) is 2. The highest BCUT2D eigenvalue weighted by atomic mass is 35.5. The Morgan fingerprint density at radius 2 is 1.88 bits per heavy atom. The minimum Gasteiger partial charge on any atom is -0.382 e. The molecule has 1 amide bonds. The number of H-pyrrole nitrogens is 1. The van der Waals surface area contributed by atoms with E-state index in [1.54, 1.807) is 36.4 Å². The Balaban J connectivity index is 1.37. The number of carbonyl (C=O) groups excluding carboxylic acids is 1. The molecule has 204 valence electrons. The Morgan fingerprint density at radius 3 is 2.63 bits per heavy atom. The van der Waals surface area contributed by atoms with Crippen LogP contribution in [0.25, 0.3) is 27.8 Å². The van der Waals surface area contributed by atoms with E-state index < -0.39 is 17.5 Å². The summed E-state index contributed by atoms with van der Waals surface area (Å²) in [5.74, 6) is -0.0749. The third-order valence-corrected chi connectivity index (χ3v) is 6.96. The van der Waals surface area contributed by atoms with Crippen LogP contribution in [0.4, 0.5) is 11.5 Å². The van der Waals surface area contributed by atoms with Crippen LogP contribution in [0.15, 0.2) is 90.1 Å². The second kappa shape index (κ2) is 10.9. The first-order chi connectivity index (χ1) is 19.9. The molecule has 0 saturated heterocycles. The van der Waals surface area contributed by atoms with Crippen molar-refractivity contribution in [2.75, 3.05) is 11.1 Å². The highest BCUT2D eigenvalue weighted by Crippen LogP contribution is 2.28. The van der Waals surface area contributed by atoms with Crippen LogP contribution in [0.1, 0.15) is 11.6 Å². The molecule has 6 rings (SSSR count). The van der Waals surface area contributed by atoms with E-state index in [1.165, 1.54) is 27.8 Å². The van der Waals surface area contributed by atoms with Crippen LogP contribution in [-0.4, -0.2) is 40.6 Å². The molecule has 0 radical (unpaired) electrons. The van der Waals surface area contributed by atoms with E-state index in [-0.39, 0.29) is 11.6 Å². The van der Waals surface area contributed by atoms with Gasteiger partial charge in [0.15, 0.2) is 11.0 Å². The van der Waals surface area contributed by atoms with Crippen LogP contribution in [0.2, 0.25) is 10.2 Å². The number of hydrogen-bond acceptors (Lipinski definition) is 7. The minimum absolute atomic E-state index is 0.207. The molecule has 11 nitrogen and oxygen atoms in total. The molecule has 0 saturated carbocycles. The van der Waals surface area contributed by atoms with Crippen LogP contribution < -0.4 is 16.6 Å². The maximum absolute atomic E-state index is 13.7. The minimum atomic E-state index is -0.906. The molecule has 0 aliphatic rings. The molecule has 0 aliphatic heterocycles. The lowest BCUT2D eigenvalue weighted by Gasteiger charge is -2.20. The van der Waals surface area contributed by atoms with Crippen molar-refractivity contribution < 1.29 is 4.79 Å². The van der Waals surface area contributed by atoms with Gasteiger partial charge >= 0.3 is 0 Å². The van der Waals surface area contributed by atoms with Gasteiger partial charge in [0, 0.05) is 34.1 Å². The van der Waals surface area contributed by atoms with E-state index in [4.69, 9.17) is 28.9 Å². The Morgan fingerprint density at radius 1 is 1.05 bits per heavy atom. The van der Waals surface area contributed by atoms with Crippen LogP contribution in [0, 0.1) is 0 Å². The number of nitrogens with two attached hydrogens (primary N) is 1. The second-order valence-electron chi connectivity index (χ2n) is 9.23. The summed E-state index contributed by atoms with van der Waals surface area (Å²) in [6.07, 6.45) is 3.15. The third-order valence-electron chi connectivity index (χ3n) is 6.55. The van der Waals surface area contributed by atoms with Gasteiger partial charge < -0.3 is 11.1 Å². The van der Waals surface area contributed by atoms with E-state index in [1.807, 2.05) is 30.3 Å². The fourth-order valence-corrected chi connectivity index (χ4v) is 4.86. The average molecular weight is 586 g/mol. The molecule has 6 aromatic rings. The molecule has 1 unspecified atom stereocenters. The van der Waals surface area contributed by atoms with Crippen molar-refractivity contribution in [2.45, 2.75) is 12.5 Å². The van der Waals surface area contributed by atoms with Crippen molar-refractivity contribution in [1.29, 1.82) is 0 Å². The lowest BCUT2D eigenvalue weighted by atomic mass is 10.0. The average Bonchev–Trinajstić information content (AvgIpc) is 3.57. The molecule has 4 N–H and O–H groups in total. The molecule has 3 aromatic carbocycles. The van der Waals surface area contributed by atoms with E-state index in [9.17, 15) is 9.59 Å². The molecule has 0 aliphatic carbocycles. The summed E-state index contributed by atoms with van der Waals surface area (Å²) in [6.45, 7) is 0. The normalized spacial score (nSPS) is 12.0. The zero-order valence-electron chi connectivity index (χ0n) is 21.2. The number of halogens is 2. The monoisotopic (exact) mass is 585 g/mol. The van der Waals surface area contributed by atoms with Crippen LogP contribution in [0.3, 0.4) is 0 Å². The van der Waals surface area contributed by atoms with Gasteiger partial charge in [-0.2, -0.15) is 5.10 Å². The van der Waals surface area contributed by atoms with Gasteiger partial charge in [-0.05, 0) is 42.0 Å². The summed E-state index contributed by atoms with van der Waals surface area (Å²) in [5, 5.41) is 18.9. The molecule has 0 bridgehead atoms. The molecular formula is C28H21Cl2N9O2. The number of aromatic nitrogens is 7. The number of benzene rings is 3. The smallest absolute Gasteiger partial charge is 0.254 e. The highest BCUT2D eigenvalue weighted by Gasteiger charge is 2.24. The number of fused-ring (bicyclic) bond motifs is 1. The van der Waals surface area contributed by atoms with Crippen LogP contribution >= 0.6 is 23.2 Å². The first-order valence-corrected chi connectivity index (χ1v) is 13.2. The van der Waals surface area contributed by atoms with Crippen molar-refractivity contribution in [3.05, 3.63) is 111 Å². The standard InChI is InChI=1S/C28H21Cl2N9O2/c29-17-6-9-23(39-14-25(30)35-37-39)19(11-17)22-13-26(40)38(15-32-22)24(10-16-4-2-1-3-5-16)28(41)33-18-7-8-21-20(12-18)27(31)36-34-21/h1-9,11-15,24H,10H2,(H,33,41)(H3,31,34,36). The molecule has 3 heterocycles.